The molecular weight excluding hydrogens is 356 g/mol. The second-order valence-electron chi connectivity index (χ2n) is 7.15. The molecule has 2 aromatic carbocycles. The van der Waals surface area contributed by atoms with Gasteiger partial charge in [0, 0.05) is 11.1 Å². The van der Waals surface area contributed by atoms with Crippen molar-refractivity contribution in [1.82, 2.24) is 10.6 Å². The zero-order valence-corrected chi connectivity index (χ0v) is 15.7. The summed E-state index contributed by atoms with van der Waals surface area (Å²) in [5.74, 6) is -3.39. The summed E-state index contributed by atoms with van der Waals surface area (Å²) in [6, 6.07) is 14.7. The molecule has 6 nitrogen and oxygen atoms in total. The molecule has 3 rings (SSSR count). The first-order chi connectivity index (χ1) is 13.4. The SMILES string of the molecule is CC(C)[C@@H]1NC(=O)[C@@H](C(C(=O)c2ccccc2)C(=O)c2ccccc2)NC1=O. The van der Waals surface area contributed by atoms with Crippen molar-refractivity contribution < 1.29 is 19.2 Å². The zero-order valence-electron chi connectivity index (χ0n) is 15.7. The van der Waals surface area contributed by atoms with Crippen LogP contribution in [0.5, 0.6) is 0 Å². The lowest BCUT2D eigenvalue weighted by atomic mass is 9.82. The molecule has 2 amide bonds. The van der Waals surface area contributed by atoms with Crippen LogP contribution in [0.4, 0.5) is 0 Å². The second kappa shape index (κ2) is 8.17. The maximum Gasteiger partial charge on any atom is 0.244 e. The first-order valence-electron chi connectivity index (χ1n) is 9.19. The highest BCUT2D eigenvalue weighted by Crippen LogP contribution is 2.22. The quantitative estimate of drug-likeness (QED) is 0.594. The fourth-order valence-corrected chi connectivity index (χ4v) is 3.31. The van der Waals surface area contributed by atoms with Crippen molar-refractivity contribution in [2.24, 2.45) is 11.8 Å². The van der Waals surface area contributed by atoms with Gasteiger partial charge in [0.25, 0.3) is 0 Å². The standard InChI is InChI=1S/C22H22N2O4/c1-13(2)17-21(27)24-18(22(28)23-17)16(19(25)14-9-5-3-6-10-14)20(26)15-11-7-4-8-12-15/h3-13,16-18H,1-2H3,(H,23,28)(H,24,27)/t17-,18+/m0/s1. The monoisotopic (exact) mass is 378 g/mol. The molecule has 0 unspecified atom stereocenters. The Hall–Kier alpha value is -3.28. The molecule has 0 saturated carbocycles. The second-order valence-corrected chi connectivity index (χ2v) is 7.15. The van der Waals surface area contributed by atoms with Crippen LogP contribution >= 0.6 is 0 Å². The number of benzene rings is 2. The highest BCUT2D eigenvalue weighted by Gasteiger charge is 2.45. The Labute approximate surface area is 163 Å². The molecule has 1 fully saturated rings. The summed E-state index contributed by atoms with van der Waals surface area (Å²) in [5, 5.41) is 5.26. The van der Waals surface area contributed by atoms with Gasteiger partial charge in [0.15, 0.2) is 11.6 Å². The number of hydrogen-bond donors (Lipinski definition) is 2. The van der Waals surface area contributed by atoms with E-state index in [0.717, 1.165) is 0 Å². The number of hydrogen-bond acceptors (Lipinski definition) is 4. The topological polar surface area (TPSA) is 92.3 Å². The summed E-state index contributed by atoms with van der Waals surface area (Å²) in [4.78, 5) is 51.6. The van der Waals surface area contributed by atoms with Crippen molar-refractivity contribution in [1.29, 1.82) is 0 Å². The van der Waals surface area contributed by atoms with Crippen molar-refractivity contribution in [2.45, 2.75) is 25.9 Å². The first kappa shape index (κ1) is 19.5. The molecular formula is C22H22N2O4. The van der Waals surface area contributed by atoms with E-state index in [1.807, 2.05) is 13.8 Å². The van der Waals surface area contributed by atoms with Crippen molar-refractivity contribution in [3.63, 3.8) is 0 Å². The summed E-state index contributed by atoms with van der Waals surface area (Å²) in [6.45, 7) is 3.62. The molecule has 1 saturated heterocycles. The Morgan fingerprint density at radius 3 is 1.54 bits per heavy atom. The van der Waals surface area contributed by atoms with E-state index in [4.69, 9.17) is 0 Å². The predicted molar refractivity (Wildman–Crippen MR) is 104 cm³/mol. The summed E-state index contributed by atoms with van der Waals surface area (Å²) in [7, 11) is 0. The molecule has 6 heteroatoms. The Kier molecular flexibility index (Phi) is 5.68. The molecule has 0 radical (unpaired) electrons. The van der Waals surface area contributed by atoms with Crippen LogP contribution in [0.25, 0.3) is 0 Å². The Balaban J connectivity index is 1.99. The van der Waals surface area contributed by atoms with Crippen LogP contribution in [0.15, 0.2) is 60.7 Å². The van der Waals surface area contributed by atoms with Crippen LogP contribution < -0.4 is 10.6 Å². The van der Waals surface area contributed by atoms with Gasteiger partial charge in [-0.3, -0.25) is 19.2 Å². The third kappa shape index (κ3) is 3.86. The minimum atomic E-state index is -1.35. The lowest BCUT2D eigenvalue weighted by molar-refractivity contribution is -0.138. The lowest BCUT2D eigenvalue weighted by Gasteiger charge is -2.34. The van der Waals surface area contributed by atoms with E-state index >= 15 is 0 Å². The molecule has 0 bridgehead atoms. The van der Waals surface area contributed by atoms with Crippen LogP contribution in [0.1, 0.15) is 34.6 Å². The smallest absolute Gasteiger partial charge is 0.244 e. The number of rotatable bonds is 6. The van der Waals surface area contributed by atoms with Gasteiger partial charge in [-0.2, -0.15) is 0 Å². The molecule has 1 aliphatic rings. The van der Waals surface area contributed by atoms with E-state index in [1.165, 1.54) is 0 Å². The van der Waals surface area contributed by atoms with Crippen molar-refractivity contribution >= 4 is 23.4 Å². The van der Waals surface area contributed by atoms with E-state index in [0.29, 0.717) is 11.1 Å². The molecule has 0 aromatic heterocycles. The van der Waals surface area contributed by atoms with Gasteiger partial charge in [0.2, 0.25) is 11.8 Å². The van der Waals surface area contributed by atoms with Crippen molar-refractivity contribution in [3.8, 4) is 0 Å². The predicted octanol–water partition coefficient (Wildman–Crippen LogP) is 2.01. The van der Waals surface area contributed by atoms with Gasteiger partial charge >= 0.3 is 0 Å². The highest BCUT2D eigenvalue weighted by atomic mass is 16.2. The average Bonchev–Trinajstić information content (AvgIpc) is 2.71. The van der Waals surface area contributed by atoms with Gasteiger partial charge < -0.3 is 10.6 Å². The maximum atomic E-state index is 13.2. The summed E-state index contributed by atoms with van der Waals surface area (Å²) < 4.78 is 0. The van der Waals surface area contributed by atoms with Gasteiger partial charge in [0.1, 0.15) is 18.0 Å². The van der Waals surface area contributed by atoms with Gasteiger partial charge in [-0.15, -0.1) is 0 Å². The molecule has 0 spiro atoms. The summed E-state index contributed by atoms with van der Waals surface area (Å²) in [5.41, 5.74) is 0.620. The normalized spacial score (nSPS) is 19.3. The fourth-order valence-electron chi connectivity index (χ4n) is 3.31. The minimum Gasteiger partial charge on any atom is -0.342 e. The number of Topliss-reactive ketones (excluding diaryl/α,β-unsaturated/α-hetero) is 2. The third-order valence-corrected chi connectivity index (χ3v) is 4.84. The van der Waals surface area contributed by atoms with Crippen molar-refractivity contribution in [3.05, 3.63) is 71.8 Å². The summed E-state index contributed by atoms with van der Waals surface area (Å²) in [6.07, 6.45) is 0. The van der Waals surface area contributed by atoms with E-state index in [1.54, 1.807) is 60.7 Å². The molecule has 144 valence electrons. The molecule has 2 N–H and O–H groups in total. The molecule has 2 atom stereocenters. The fraction of sp³-hybridized carbons (Fsp3) is 0.273. The van der Waals surface area contributed by atoms with E-state index in [2.05, 4.69) is 10.6 Å². The number of carbonyl (C=O) groups excluding carboxylic acids is 4. The minimum absolute atomic E-state index is 0.113. The Morgan fingerprint density at radius 1 is 0.714 bits per heavy atom. The van der Waals surface area contributed by atoms with E-state index in [-0.39, 0.29) is 5.92 Å². The van der Waals surface area contributed by atoms with Crippen LogP contribution in [0.3, 0.4) is 0 Å². The Bertz CT molecular complexity index is 842. The lowest BCUT2D eigenvalue weighted by Crippen LogP contribution is -2.66. The average molecular weight is 378 g/mol. The highest BCUT2D eigenvalue weighted by molar-refractivity contribution is 6.19. The van der Waals surface area contributed by atoms with Gasteiger partial charge in [-0.05, 0) is 5.92 Å². The number of carbonyl (C=O) groups is 4. The van der Waals surface area contributed by atoms with Crippen LogP contribution in [0.2, 0.25) is 0 Å². The molecule has 1 aliphatic heterocycles. The van der Waals surface area contributed by atoms with Gasteiger partial charge in [-0.25, -0.2) is 0 Å². The van der Waals surface area contributed by atoms with Crippen molar-refractivity contribution in [2.75, 3.05) is 0 Å². The molecule has 1 heterocycles. The van der Waals surface area contributed by atoms with Crippen LogP contribution in [-0.2, 0) is 9.59 Å². The van der Waals surface area contributed by atoms with E-state index < -0.39 is 41.4 Å². The number of piperazine rings is 1. The van der Waals surface area contributed by atoms with Gasteiger partial charge in [0.05, 0.1) is 0 Å². The molecule has 28 heavy (non-hydrogen) atoms. The third-order valence-electron chi connectivity index (χ3n) is 4.84. The first-order valence-corrected chi connectivity index (χ1v) is 9.19. The zero-order chi connectivity index (χ0) is 20.3. The molecule has 2 aromatic rings. The Morgan fingerprint density at radius 2 is 1.11 bits per heavy atom. The number of amides is 2. The number of nitrogens with one attached hydrogen (secondary N) is 2. The van der Waals surface area contributed by atoms with Gasteiger partial charge in [-0.1, -0.05) is 74.5 Å². The largest absolute Gasteiger partial charge is 0.342 e. The maximum absolute atomic E-state index is 13.2. The number of ketones is 2. The molecule has 0 aliphatic carbocycles. The van der Waals surface area contributed by atoms with Crippen LogP contribution in [-0.4, -0.2) is 35.5 Å². The van der Waals surface area contributed by atoms with Crippen LogP contribution in [0, 0.1) is 11.8 Å². The summed E-state index contributed by atoms with van der Waals surface area (Å²) >= 11 is 0. The van der Waals surface area contributed by atoms with E-state index in [9.17, 15) is 19.2 Å².